The number of hydrogen-bond donors (Lipinski definition) is 0. The van der Waals surface area contributed by atoms with Gasteiger partial charge >= 0.3 is 11.9 Å². The van der Waals surface area contributed by atoms with E-state index in [1.54, 1.807) is 6.92 Å². The highest BCUT2D eigenvalue weighted by Crippen LogP contribution is 2.36. The molecule has 0 saturated heterocycles. The molecule has 0 unspecified atom stereocenters. The Morgan fingerprint density at radius 1 is 1.22 bits per heavy atom. The van der Waals surface area contributed by atoms with Crippen molar-refractivity contribution in [3.8, 4) is 17.6 Å². The lowest BCUT2D eigenvalue weighted by molar-refractivity contribution is -0.132. The minimum absolute atomic E-state index is 0.0168. The van der Waals surface area contributed by atoms with Crippen LogP contribution in [-0.4, -0.2) is 11.9 Å². The quantitative estimate of drug-likeness (QED) is 0.607. The summed E-state index contributed by atoms with van der Waals surface area (Å²) < 4.78 is 9.76. The first kappa shape index (κ1) is 14.0. The van der Waals surface area contributed by atoms with Gasteiger partial charge in [0, 0.05) is 19.9 Å². The summed E-state index contributed by atoms with van der Waals surface area (Å²) in [4.78, 5) is 21.8. The van der Waals surface area contributed by atoms with Crippen LogP contribution < -0.4 is 9.47 Å². The number of ether oxygens (including phenoxy) is 2. The van der Waals surface area contributed by atoms with Crippen molar-refractivity contribution in [1.29, 1.82) is 5.26 Å². The van der Waals surface area contributed by atoms with E-state index in [0.29, 0.717) is 5.56 Å². The maximum atomic E-state index is 10.9. The first-order chi connectivity index (χ1) is 8.36. The fourth-order valence-electron chi connectivity index (χ4n) is 1.34. The van der Waals surface area contributed by atoms with Crippen molar-refractivity contribution in [2.24, 2.45) is 0 Å². The maximum Gasteiger partial charge on any atom is 0.308 e. The fourth-order valence-corrected chi connectivity index (χ4v) is 1.52. The average molecular weight is 268 g/mol. The van der Waals surface area contributed by atoms with Gasteiger partial charge in [0.25, 0.3) is 0 Å². The molecule has 0 atom stereocenters. The summed E-state index contributed by atoms with van der Waals surface area (Å²) in [6.07, 6.45) is 0. The van der Waals surface area contributed by atoms with Crippen LogP contribution in [0, 0.1) is 18.3 Å². The van der Waals surface area contributed by atoms with Gasteiger partial charge in [0.05, 0.1) is 10.6 Å². The lowest BCUT2D eigenvalue weighted by Gasteiger charge is -2.12. The number of hydrogen-bond acceptors (Lipinski definition) is 5. The molecule has 0 amide bonds. The monoisotopic (exact) mass is 267 g/mol. The van der Waals surface area contributed by atoms with E-state index < -0.39 is 11.9 Å². The van der Waals surface area contributed by atoms with Crippen LogP contribution in [0.4, 0.5) is 0 Å². The lowest BCUT2D eigenvalue weighted by atomic mass is 10.1. The summed E-state index contributed by atoms with van der Waals surface area (Å²) in [5.41, 5.74) is 0.514. The molecule has 0 saturated carbocycles. The zero-order valence-electron chi connectivity index (χ0n) is 10.0. The van der Waals surface area contributed by atoms with Crippen LogP contribution in [0.2, 0.25) is 5.02 Å². The number of rotatable bonds is 2. The zero-order valence-corrected chi connectivity index (χ0v) is 10.8. The number of halogens is 1. The molecule has 0 aliphatic rings. The van der Waals surface area contributed by atoms with Gasteiger partial charge in [-0.15, -0.1) is 0 Å². The third-order valence-corrected chi connectivity index (χ3v) is 2.52. The zero-order chi connectivity index (χ0) is 13.9. The highest BCUT2D eigenvalue weighted by Gasteiger charge is 2.18. The van der Waals surface area contributed by atoms with Crippen LogP contribution in [0.5, 0.6) is 11.5 Å². The highest BCUT2D eigenvalue weighted by molar-refractivity contribution is 6.33. The molecular formula is C12H10ClNO4. The molecule has 0 radical (unpaired) electrons. The minimum atomic E-state index is -0.581. The van der Waals surface area contributed by atoms with E-state index >= 15 is 0 Å². The largest absolute Gasteiger partial charge is 0.425 e. The Bertz CT molecular complexity index is 560. The van der Waals surface area contributed by atoms with E-state index in [0.717, 1.165) is 0 Å². The van der Waals surface area contributed by atoms with Crippen LogP contribution in [0.15, 0.2) is 6.07 Å². The van der Waals surface area contributed by atoms with Gasteiger partial charge in [0.2, 0.25) is 0 Å². The van der Waals surface area contributed by atoms with Crippen LogP contribution in [0.25, 0.3) is 0 Å². The molecule has 5 nitrogen and oxygen atoms in total. The van der Waals surface area contributed by atoms with Crippen LogP contribution in [-0.2, 0) is 9.59 Å². The molecule has 0 bridgehead atoms. The van der Waals surface area contributed by atoms with E-state index in [1.165, 1.54) is 19.9 Å². The predicted molar refractivity (Wildman–Crippen MR) is 63.5 cm³/mol. The van der Waals surface area contributed by atoms with E-state index in [9.17, 15) is 9.59 Å². The van der Waals surface area contributed by atoms with E-state index in [2.05, 4.69) is 0 Å². The van der Waals surface area contributed by atoms with E-state index in [4.69, 9.17) is 26.3 Å². The predicted octanol–water partition coefficient (Wildman–Crippen LogP) is 2.37. The fraction of sp³-hybridized carbons (Fsp3) is 0.250. The molecule has 0 spiro atoms. The second kappa shape index (κ2) is 5.52. The van der Waals surface area contributed by atoms with Crippen molar-refractivity contribution in [3.05, 3.63) is 22.2 Å². The Labute approximate surface area is 109 Å². The Morgan fingerprint density at radius 3 is 2.17 bits per heavy atom. The Kier molecular flexibility index (Phi) is 4.29. The van der Waals surface area contributed by atoms with Crippen LogP contribution in [0.3, 0.4) is 0 Å². The van der Waals surface area contributed by atoms with Crippen molar-refractivity contribution in [1.82, 2.24) is 0 Å². The average Bonchev–Trinajstić information content (AvgIpc) is 2.24. The van der Waals surface area contributed by atoms with Gasteiger partial charge in [-0.3, -0.25) is 9.59 Å². The van der Waals surface area contributed by atoms with Crippen LogP contribution in [0.1, 0.15) is 25.0 Å². The Balaban J connectivity index is 3.41. The molecule has 94 valence electrons. The molecule has 1 rings (SSSR count). The Morgan fingerprint density at radius 2 is 1.72 bits per heavy atom. The molecular weight excluding hydrogens is 258 g/mol. The number of nitrogens with zero attached hydrogens (tertiary/aromatic N) is 1. The second-order valence-corrected chi connectivity index (χ2v) is 3.86. The summed E-state index contributed by atoms with van der Waals surface area (Å²) in [5.74, 6) is -1.07. The summed E-state index contributed by atoms with van der Waals surface area (Å²) >= 11 is 5.96. The molecule has 6 heteroatoms. The van der Waals surface area contributed by atoms with Crippen LogP contribution >= 0.6 is 11.6 Å². The number of benzene rings is 1. The molecule has 1 aromatic carbocycles. The van der Waals surface area contributed by atoms with Gasteiger partial charge in [0.15, 0.2) is 11.5 Å². The minimum Gasteiger partial charge on any atom is -0.425 e. The number of carbonyl (C=O) groups is 2. The summed E-state index contributed by atoms with van der Waals surface area (Å²) in [6.45, 7) is 3.99. The third kappa shape index (κ3) is 2.99. The first-order valence-electron chi connectivity index (χ1n) is 4.96. The second-order valence-electron chi connectivity index (χ2n) is 3.49. The van der Waals surface area contributed by atoms with Gasteiger partial charge in [0.1, 0.15) is 6.07 Å². The molecule has 18 heavy (non-hydrogen) atoms. The molecule has 0 heterocycles. The standard InChI is InChI=1S/C12H10ClNO4/c1-6-9(5-14)10(17-7(2)15)4-11(12(6)13)18-8(3)16/h4H,1-3H3. The van der Waals surface area contributed by atoms with Gasteiger partial charge in [-0.1, -0.05) is 11.6 Å². The molecule has 1 aromatic rings. The maximum absolute atomic E-state index is 10.9. The molecule has 0 aromatic heterocycles. The van der Waals surface area contributed by atoms with Gasteiger partial charge < -0.3 is 9.47 Å². The van der Waals surface area contributed by atoms with E-state index in [1.807, 2.05) is 6.07 Å². The normalized spacial score (nSPS) is 9.50. The molecule has 0 N–H and O–H groups in total. The van der Waals surface area contributed by atoms with Crippen molar-refractivity contribution >= 4 is 23.5 Å². The molecule has 0 aliphatic carbocycles. The van der Waals surface area contributed by atoms with Crippen molar-refractivity contribution < 1.29 is 19.1 Å². The smallest absolute Gasteiger partial charge is 0.308 e. The summed E-state index contributed by atoms with van der Waals surface area (Å²) in [6, 6.07) is 3.14. The van der Waals surface area contributed by atoms with Gasteiger partial charge in [-0.2, -0.15) is 5.26 Å². The third-order valence-electron chi connectivity index (χ3n) is 2.05. The summed E-state index contributed by atoms with van der Waals surface area (Å²) in [5, 5.41) is 9.14. The lowest BCUT2D eigenvalue weighted by Crippen LogP contribution is -2.07. The highest BCUT2D eigenvalue weighted by atomic mass is 35.5. The topological polar surface area (TPSA) is 76.4 Å². The first-order valence-corrected chi connectivity index (χ1v) is 5.34. The van der Waals surface area contributed by atoms with Crippen molar-refractivity contribution in [2.45, 2.75) is 20.8 Å². The van der Waals surface area contributed by atoms with Crippen molar-refractivity contribution in [2.75, 3.05) is 0 Å². The van der Waals surface area contributed by atoms with Gasteiger partial charge in [-0.05, 0) is 12.5 Å². The molecule has 0 aliphatic heterocycles. The summed E-state index contributed by atoms with van der Waals surface area (Å²) in [7, 11) is 0. The van der Waals surface area contributed by atoms with Crippen molar-refractivity contribution in [3.63, 3.8) is 0 Å². The SMILES string of the molecule is CC(=O)Oc1cc(OC(C)=O)c(C#N)c(C)c1Cl. The number of nitriles is 1. The molecule has 0 fully saturated rings. The number of carbonyl (C=O) groups excluding carboxylic acids is 2. The van der Waals surface area contributed by atoms with Gasteiger partial charge in [-0.25, -0.2) is 0 Å². The number of esters is 2. The van der Waals surface area contributed by atoms with E-state index in [-0.39, 0.29) is 22.1 Å². The Hall–Kier alpha value is -2.06.